The van der Waals surface area contributed by atoms with Crippen molar-refractivity contribution in [1.82, 2.24) is 9.80 Å². The third-order valence-corrected chi connectivity index (χ3v) is 5.90. The molecule has 0 saturated carbocycles. The summed E-state index contributed by atoms with van der Waals surface area (Å²) in [5, 5.41) is 4.45. The Balaban J connectivity index is 1.45. The first-order chi connectivity index (χ1) is 11.7. The normalized spacial score (nSPS) is 19.0. The van der Waals surface area contributed by atoms with Crippen molar-refractivity contribution in [3.8, 4) is 0 Å². The van der Waals surface area contributed by atoms with Gasteiger partial charge in [0.05, 0.1) is 0 Å². The lowest BCUT2D eigenvalue weighted by atomic mass is 9.96. The Bertz CT molecular complexity index is 608. The monoisotopic (exact) mass is 342 g/mol. The summed E-state index contributed by atoms with van der Waals surface area (Å²) in [6.45, 7) is 8.28. The molecular formula is C21H30N2S. The van der Waals surface area contributed by atoms with Gasteiger partial charge in [0.25, 0.3) is 0 Å². The van der Waals surface area contributed by atoms with Gasteiger partial charge in [-0.25, -0.2) is 0 Å². The highest BCUT2D eigenvalue weighted by molar-refractivity contribution is 7.07. The van der Waals surface area contributed by atoms with Gasteiger partial charge in [0.15, 0.2) is 0 Å². The summed E-state index contributed by atoms with van der Waals surface area (Å²) >= 11 is 1.80. The Morgan fingerprint density at radius 3 is 2.92 bits per heavy atom. The lowest BCUT2D eigenvalue weighted by Gasteiger charge is -2.34. The van der Waals surface area contributed by atoms with E-state index < -0.39 is 0 Å². The average Bonchev–Trinajstić information content (AvgIpc) is 3.07. The van der Waals surface area contributed by atoms with Gasteiger partial charge in [-0.1, -0.05) is 24.3 Å². The lowest BCUT2D eigenvalue weighted by Crippen LogP contribution is -2.40. The molecule has 0 N–H and O–H groups in total. The average molecular weight is 343 g/mol. The molecular weight excluding hydrogens is 312 g/mol. The second-order valence-corrected chi connectivity index (χ2v) is 8.09. The summed E-state index contributed by atoms with van der Waals surface area (Å²) in [6.07, 6.45) is 3.92. The maximum atomic E-state index is 2.68. The fourth-order valence-corrected chi connectivity index (χ4v) is 4.53. The molecule has 1 aliphatic rings. The molecule has 24 heavy (non-hydrogen) atoms. The van der Waals surface area contributed by atoms with Gasteiger partial charge < -0.3 is 9.80 Å². The minimum atomic E-state index is 0.819. The SMILES string of the molecule is Cc1ccccc1CCN1CCCC(CN(C)Cc2ccsc2)C1. The van der Waals surface area contributed by atoms with Crippen molar-refractivity contribution in [3.05, 3.63) is 57.8 Å². The van der Waals surface area contributed by atoms with Crippen molar-refractivity contribution in [2.45, 2.75) is 32.7 Å². The molecule has 1 saturated heterocycles. The van der Waals surface area contributed by atoms with Crippen LogP contribution in [-0.4, -0.2) is 43.0 Å². The molecule has 1 unspecified atom stereocenters. The van der Waals surface area contributed by atoms with Crippen molar-refractivity contribution < 1.29 is 0 Å². The van der Waals surface area contributed by atoms with Gasteiger partial charge in [0.1, 0.15) is 0 Å². The zero-order chi connectivity index (χ0) is 16.8. The van der Waals surface area contributed by atoms with Gasteiger partial charge >= 0.3 is 0 Å². The van der Waals surface area contributed by atoms with Gasteiger partial charge in [-0.3, -0.25) is 0 Å². The highest BCUT2D eigenvalue weighted by atomic mass is 32.1. The molecule has 3 rings (SSSR count). The van der Waals surface area contributed by atoms with E-state index in [0.717, 1.165) is 12.5 Å². The Morgan fingerprint density at radius 2 is 2.12 bits per heavy atom. The van der Waals surface area contributed by atoms with E-state index in [1.807, 2.05) is 0 Å². The predicted molar refractivity (Wildman–Crippen MR) is 105 cm³/mol. The summed E-state index contributed by atoms with van der Waals surface area (Å²) in [5.41, 5.74) is 4.39. The van der Waals surface area contributed by atoms with Crippen LogP contribution in [-0.2, 0) is 13.0 Å². The molecule has 3 heteroatoms. The van der Waals surface area contributed by atoms with Crippen LogP contribution in [0.1, 0.15) is 29.5 Å². The molecule has 1 aromatic carbocycles. The third kappa shape index (κ3) is 5.17. The summed E-state index contributed by atoms with van der Waals surface area (Å²) in [7, 11) is 2.27. The largest absolute Gasteiger partial charge is 0.303 e. The van der Waals surface area contributed by atoms with Crippen LogP contribution in [0.3, 0.4) is 0 Å². The third-order valence-electron chi connectivity index (χ3n) is 5.16. The molecule has 1 fully saturated rings. The maximum absolute atomic E-state index is 2.68. The molecule has 0 amide bonds. The zero-order valence-electron chi connectivity index (χ0n) is 15.1. The highest BCUT2D eigenvalue weighted by Gasteiger charge is 2.21. The quantitative estimate of drug-likeness (QED) is 0.734. The number of hydrogen-bond donors (Lipinski definition) is 0. The summed E-state index contributed by atoms with van der Waals surface area (Å²) < 4.78 is 0. The molecule has 1 aromatic heterocycles. The standard InChI is InChI=1S/C21H30N2S/c1-18-6-3-4-8-21(18)9-12-23-11-5-7-19(16-23)14-22(2)15-20-10-13-24-17-20/h3-4,6,8,10,13,17,19H,5,7,9,11-12,14-16H2,1-2H3. The van der Waals surface area contributed by atoms with E-state index in [1.54, 1.807) is 11.3 Å². The van der Waals surface area contributed by atoms with E-state index in [4.69, 9.17) is 0 Å². The van der Waals surface area contributed by atoms with Crippen molar-refractivity contribution in [2.24, 2.45) is 5.92 Å². The van der Waals surface area contributed by atoms with Crippen LogP contribution in [0.2, 0.25) is 0 Å². The van der Waals surface area contributed by atoms with Crippen LogP contribution in [0.5, 0.6) is 0 Å². The molecule has 130 valence electrons. The minimum Gasteiger partial charge on any atom is -0.303 e. The lowest BCUT2D eigenvalue weighted by molar-refractivity contribution is 0.142. The molecule has 1 atom stereocenters. The number of likely N-dealkylation sites (tertiary alicyclic amines) is 1. The smallest absolute Gasteiger partial charge is 0.0239 e. The summed E-state index contributed by atoms with van der Waals surface area (Å²) in [4.78, 5) is 5.18. The molecule has 0 aliphatic carbocycles. The van der Waals surface area contributed by atoms with E-state index in [1.165, 1.54) is 62.1 Å². The van der Waals surface area contributed by atoms with Crippen molar-refractivity contribution in [1.29, 1.82) is 0 Å². The van der Waals surface area contributed by atoms with Crippen molar-refractivity contribution in [3.63, 3.8) is 0 Å². The maximum Gasteiger partial charge on any atom is 0.0239 e. The van der Waals surface area contributed by atoms with Crippen molar-refractivity contribution in [2.75, 3.05) is 33.2 Å². The van der Waals surface area contributed by atoms with Crippen LogP contribution in [0, 0.1) is 12.8 Å². The molecule has 1 aliphatic heterocycles. The highest BCUT2D eigenvalue weighted by Crippen LogP contribution is 2.19. The summed E-state index contributed by atoms with van der Waals surface area (Å²) in [6, 6.07) is 11.1. The first-order valence-corrected chi connectivity index (χ1v) is 10.1. The number of nitrogens with zero attached hydrogens (tertiary/aromatic N) is 2. The van der Waals surface area contributed by atoms with Crippen LogP contribution in [0.4, 0.5) is 0 Å². The fraction of sp³-hybridized carbons (Fsp3) is 0.524. The molecule has 0 spiro atoms. The van der Waals surface area contributed by atoms with Gasteiger partial charge in [0.2, 0.25) is 0 Å². The van der Waals surface area contributed by atoms with Gasteiger partial charge in [0, 0.05) is 26.2 Å². The minimum absolute atomic E-state index is 0.819. The van der Waals surface area contributed by atoms with Crippen LogP contribution >= 0.6 is 11.3 Å². The molecule has 2 nitrogen and oxygen atoms in total. The zero-order valence-corrected chi connectivity index (χ0v) is 15.9. The van der Waals surface area contributed by atoms with E-state index in [9.17, 15) is 0 Å². The Kier molecular flexibility index (Phi) is 6.47. The van der Waals surface area contributed by atoms with E-state index in [0.29, 0.717) is 0 Å². The number of piperidine rings is 1. The fourth-order valence-electron chi connectivity index (χ4n) is 3.87. The second-order valence-electron chi connectivity index (χ2n) is 7.31. The van der Waals surface area contributed by atoms with E-state index >= 15 is 0 Å². The van der Waals surface area contributed by atoms with Crippen LogP contribution in [0.15, 0.2) is 41.1 Å². The number of hydrogen-bond acceptors (Lipinski definition) is 3. The molecule has 2 heterocycles. The van der Waals surface area contributed by atoms with Crippen LogP contribution < -0.4 is 0 Å². The van der Waals surface area contributed by atoms with Gasteiger partial charge in [-0.2, -0.15) is 11.3 Å². The van der Waals surface area contributed by atoms with E-state index in [2.05, 4.69) is 64.9 Å². The Hall–Kier alpha value is -1.16. The van der Waals surface area contributed by atoms with Crippen LogP contribution in [0.25, 0.3) is 0 Å². The van der Waals surface area contributed by atoms with E-state index in [-0.39, 0.29) is 0 Å². The topological polar surface area (TPSA) is 6.48 Å². The first-order valence-electron chi connectivity index (χ1n) is 9.17. The predicted octanol–water partition coefficient (Wildman–Crippen LogP) is 4.44. The van der Waals surface area contributed by atoms with Gasteiger partial charge in [-0.15, -0.1) is 0 Å². The summed E-state index contributed by atoms with van der Waals surface area (Å²) in [5.74, 6) is 0.819. The Morgan fingerprint density at radius 1 is 1.25 bits per heavy atom. The second kappa shape index (κ2) is 8.80. The molecule has 0 radical (unpaired) electrons. The number of rotatable bonds is 7. The molecule has 2 aromatic rings. The Labute approximate surface area is 151 Å². The molecule has 0 bridgehead atoms. The van der Waals surface area contributed by atoms with Gasteiger partial charge in [-0.05, 0) is 79.2 Å². The number of aryl methyl sites for hydroxylation is 1. The first kappa shape index (κ1) is 17.7. The van der Waals surface area contributed by atoms with Crippen molar-refractivity contribution >= 4 is 11.3 Å². The number of thiophene rings is 1. The number of benzene rings is 1.